The van der Waals surface area contributed by atoms with Crippen molar-refractivity contribution in [2.75, 3.05) is 26.4 Å². The summed E-state index contributed by atoms with van der Waals surface area (Å²) >= 11 is 0. The van der Waals surface area contributed by atoms with Crippen LogP contribution in [0.5, 0.6) is 0 Å². The first kappa shape index (κ1) is 48.6. The molecule has 0 amide bonds. The Morgan fingerprint density at radius 1 is 0.460 bits per heavy atom. The predicted molar refractivity (Wildman–Crippen MR) is 211 cm³/mol. The second-order valence-electron chi connectivity index (χ2n) is 15.0. The second-order valence-corrected chi connectivity index (χ2v) is 15.0. The summed E-state index contributed by atoms with van der Waals surface area (Å²) in [5, 5.41) is 0. The van der Waals surface area contributed by atoms with Crippen LogP contribution in [0.15, 0.2) is 12.2 Å². The molecule has 1 atom stereocenters. The van der Waals surface area contributed by atoms with Crippen LogP contribution in [0.1, 0.15) is 208 Å². The van der Waals surface area contributed by atoms with Crippen molar-refractivity contribution in [3.8, 4) is 0 Å². The van der Waals surface area contributed by atoms with Gasteiger partial charge >= 0.3 is 11.9 Å². The Morgan fingerprint density at radius 2 is 0.860 bits per heavy atom. The third kappa shape index (κ3) is 32.5. The van der Waals surface area contributed by atoms with Crippen LogP contribution in [0.3, 0.4) is 0 Å². The summed E-state index contributed by atoms with van der Waals surface area (Å²) in [6.45, 7) is 15.3. The lowest BCUT2D eigenvalue weighted by Crippen LogP contribution is -2.24. The van der Waals surface area contributed by atoms with Gasteiger partial charge in [-0.3, -0.25) is 9.59 Å². The minimum Gasteiger partial charge on any atom is -0.465 e. The minimum atomic E-state index is -0.208. The highest BCUT2D eigenvalue weighted by Crippen LogP contribution is 2.20. The first-order valence-electron chi connectivity index (χ1n) is 21.6. The highest BCUT2D eigenvalue weighted by atomic mass is 16.7. The molecule has 0 saturated heterocycles. The molecule has 6 heteroatoms. The molecule has 0 saturated carbocycles. The van der Waals surface area contributed by atoms with Crippen molar-refractivity contribution < 1.29 is 28.5 Å². The van der Waals surface area contributed by atoms with E-state index >= 15 is 0 Å². The van der Waals surface area contributed by atoms with Gasteiger partial charge < -0.3 is 18.9 Å². The number of rotatable bonds is 38. The van der Waals surface area contributed by atoms with Gasteiger partial charge in [0.05, 0.1) is 26.4 Å². The first-order chi connectivity index (χ1) is 24.4. The third-order valence-electron chi connectivity index (χ3n) is 9.59. The second kappa shape index (κ2) is 37.4. The average Bonchev–Trinajstić information content (AvgIpc) is 3.10. The van der Waals surface area contributed by atoms with Gasteiger partial charge in [0, 0.05) is 18.8 Å². The van der Waals surface area contributed by atoms with Crippen LogP contribution >= 0.6 is 0 Å². The fraction of sp³-hybridized carbons (Fsp3) is 0.909. The van der Waals surface area contributed by atoms with E-state index < -0.39 is 0 Å². The first-order valence-corrected chi connectivity index (χ1v) is 21.6. The van der Waals surface area contributed by atoms with Gasteiger partial charge in [0.1, 0.15) is 0 Å². The highest BCUT2D eigenvalue weighted by Gasteiger charge is 2.17. The van der Waals surface area contributed by atoms with Crippen LogP contribution in [0, 0.1) is 17.8 Å². The number of ether oxygens (including phenoxy) is 4. The van der Waals surface area contributed by atoms with Crippen molar-refractivity contribution >= 4 is 11.9 Å². The van der Waals surface area contributed by atoms with Crippen LogP contribution in [0.2, 0.25) is 0 Å². The quantitative estimate of drug-likeness (QED) is 0.0275. The van der Waals surface area contributed by atoms with Crippen LogP contribution in [-0.4, -0.2) is 44.7 Å². The monoisotopic (exact) mass is 709 g/mol. The topological polar surface area (TPSA) is 71.1 Å². The molecule has 0 radical (unpaired) electrons. The fourth-order valence-corrected chi connectivity index (χ4v) is 6.54. The van der Waals surface area contributed by atoms with E-state index in [4.69, 9.17) is 18.9 Å². The number of hydrogen-bond donors (Lipinski definition) is 0. The molecule has 0 aromatic rings. The average molecular weight is 709 g/mol. The number of esters is 2. The van der Waals surface area contributed by atoms with E-state index in [1.807, 2.05) is 6.92 Å². The largest absolute Gasteiger partial charge is 0.465 e. The molecule has 50 heavy (non-hydrogen) atoms. The predicted octanol–water partition coefficient (Wildman–Crippen LogP) is 13.1. The molecule has 0 fully saturated rings. The molecular weight excluding hydrogens is 624 g/mol. The molecule has 0 bridgehead atoms. The molecule has 0 rings (SSSR count). The zero-order chi connectivity index (χ0) is 36.9. The van der Waals surface area contributed by atoms with E-state index in [-0.39, 0.29) is 30.8 Å². The standard InChI is InChI=1S/C44H84O6/c1-7-12-13-14-15-16-17-18-19-20-21-22-23-24-25-32-42(45)47-35-39(6)36-48-43(46)33-26-27-34-44(49-37-40(28-8-2)29-9-3)50-38-41(30-10-4)31-11-5/h18-19,39-41,44H,7-17,20-38H2,1-6H3/b19-18-. The highest BCUT2D eigenvalue weighted by molar-refractivity contribution is 5.69. The SMILES string of the molecule is CCCCCCCC/C=C\CCCCCCCC(=O)OCC(C)COC(=O)CCCCC(OCC(CCC)CCC)OCC(CCC)CCC. The summed E-state index contributed by atoms with van der Waals surface area (Å²) in [5.74, 6) is 0.822. The molecule has 0 spiro atoms. The zero-order valence-corrected chi connectivity index (χ0v) is 34.1. The van der Waals surface area contributed by atoms with E-state index in [1.165, 1.54) is 122 Å². The van der Waals surface area contributed by atoms with Gasteiger partial charge in [0.15, 0.2) is 6.29 Å². The summed E-state index contributed by atoms with van der Waals surface area (Å²) < 4.78 is 23.6. The molecule has 0 aromatic carbocycles. The van der Waals surface area contributed by atoms with Crippen molar-refractivity contribution in [2.24, 2.45) is 17.8 Å². The Labute approximate surface area is 311 Å². The molecule has 0 aliphatic heterocycles. The van der Waals surface area contributed by atoms with Gasteiger partial charge in [-0.05, 0) is 88.9 Å². The lowest BCUT2D eigenvalue weighted by molar-refractivity contribution is -0.163. The van der Waals surface area contributed by atoms with Crippen LogP contribution in [-0.2, 0) is 28.5 Å². The fourth-order valence-electron chi connectivity index (χ4n) is 6.54. The molecule has 0 aliphatic carbocycles. The molecule has 296 valence electrons. The van der Waals surface area contributed by atoms with Crippen LogP contribution < -0.4 is 0 Å². The van der Waals surface area contributed by atoms with Gasteiger partial charge in [-0.25, -0.2) is 0 Å². The number of hydrogen-bond acceptors (Lipinski definition) is 6. The lowest BCUT2D eigenvalue weighted by atomic mass is 9.99. The Balaban J connectivity index is 4.08. The third-order valence-corrected chi connectivity index (χ3v) is 9.59. The number of unbranched alkanes of at least 4 members (excludes halogenated alkanes) is 12. The van der Waals surface area contributed by atoms with E-state index in [0.717, 1.165) is 45.3 Å². The smallest absolute Gasteiger partial charge is 0.305 e. The molecule has 1 unspecified atom stereocenters. The van der Waals surface area contributed by atoms with Crippen molar-refractivity contribution in [2.45, 2.75) is 215 Å². The van der Waals surface area contributed by atoms with Gasteiger partial charge in [-0.15, -0.1) is 0 Å². The summed E-state index contributed by atoms with van der Waals surface area (Å²) in [6, 6.07) is 0. The van der Waals surface area contributed by atoms with Gasteiger partial charge in [0.25, 0.3) is 0 Å². The van der Waals surface area contributed by atoms with E-state index in [1.54, 1.807) is 0 Å². The Kier molecular flexibility index (Phi) is 36.3. The number of carbonyl (C=O) groups is 2. The summed E-state index contributed by atoms with van der Waals surface area (Å²) in [6.07, 6.45) is 33.3. The maximum absolute atomic E-state index is 12.4. The molecule has 0 heterocycles. The Hall–Kier alpha value is -1.40. The van der Waals surface area contributed by atoms with Crippen LogP contribution in [0.25, 0.3) is 0 Å². The van der Waals surface area contributed by atoms with Crippen molar-refractivity contribution in [3.63, 3.8) is 0 Å². The normalized spacial score (nSPS) is 12.5. The maximum atomic E-state index is 12.4. The van der Waals surface area contributed by atoms with Crippen molar-refractivity contribution in [1.82, 2.24) is 0 Å². The molecule has 0 aromatic heterocycles. The Morgan fingerprint density at radius 3 is 1.30 bits per heavy atom. The van der Waals surface area contributed by atoms with Crippen molar-refractivity contribution in [1.29, 1.82) is 0 Å². The van der Waals surface area contributed by atoms with Crippen LogP contribution in [0.4, 0.5) is 0 Å². The molecular formula is C44H84O6. The van der Waals surface area contributed by atoms with E-state index in [0.29, 0.717) is 31.3 Å². The van der Waals surface area contributed by atoms with E-state index in [9.17, 15) is 9.59 Å². The zero-order valence-electron chi connectivity index (χ0n) is 34.1. The van der Waals surface area contributed by atoms with Crippen molar-refractivity contribution in [3.05, 3.63) is 12.2 Å². The minimum absolute atomic E-state index is 0.0124. The molecule has 0 aliphatic rings. The number of carbonyl (C=O) groups excluding carboxylic acids is 2. The summed E-state index contributed by atoms with van der Waals surface area (Å²) in [4.78, 5) is 24.6. The Bertz CT molecular complexity index is 736. The summed E-state index contributed by atoms with van der Waals surface area (Å²) in [5.41, 5.74) is 0. The molecule has 0 N–H and O–H groups in total. The van der Waals surface area contributed by atoms with Gasteiger partial charge in [0.2, 0.25) is 0 Å². The lowest BCUT2D eigenvalue weighted by Gasteiger charge is -2.25. The van der Waals surface area contributed by atoms with E-state index in [2.05, 4.69) is 46.8 Å². The summed E-state index contributed by atoms with van der Waals surface area (Å²) in [7, 11) is 0. The van der Waals surface area contributed by atoms with Gasteiger partial charge in [-0.1, -0.05) is 131 Å². The maximum Gasteiger partial charge on any atom is 0.305 e. The number of allylic oxidation sites excluding steroid dienone is 2. The molecule has 6 nitrogen and oxygen atoms in total. The van der Waals surface area contributed by atoms with Gasteiger partial charge in [-0.2, -0.15) is 0 Å².